The molecule has 1 fully saturated rings. The fraction of sp³-hybridized carbons (Fsp3) is 0.292. The molecular weight excluding hydrogens is 601 g/mol. The van der Waals surface area contributed by atoms with E-state index in [0.29, 0.717) is 20.6 Å². The minimum absolute atomic E-state index is 0.00880. The first-order valence-electron chi connectivity index (χ1n) is 11.4. The monoisotopic (exact) mass is 618 g/mol. The quantitative estimate of drug-likeness (QED) is 0.258. The zero-order valence-electron chi connectivity index (χ0n) is 19.6. The summed E-state index contributed by atoms with van der Waals surface area (Å²) >= 11 is 19.1. The predicted molar refractivity (Wildman–Crippen MR) is 139 cm³/mol. The van der Waals surface area contributed by atoms with Gasteiger partial charge in [0, 0.05) is 10.5 Å². The van der Waals surface area contributed by atoms with Crippen molar-refractivity contribution in [3.05, 3.63) is 81.6 Å². The lowest BCUT2D eigenvalue weighted by atomic mass is 9.97. The summed E-state index contributed by atoms with van der Waals surface area (Å²) in [6.45, 7) is -0.521. The minimum Gasteiger partial charge on any atom is -0.451 e. The van der Waals surface area contributed by atoms with Crippen LogP contribution < -0.4 is 0 Å². The van der Waals surface area contributed by atoms with Crippen molar-refractivity contribution in [2.45, 2.75) is 41.3 Å². The second kappa shape index (κ2) is 12.1. The molecule has 2 aromatic carbocycles. The Morgan fingerprint density at radius 2 is 1.87 bits per heavy atom. The Kier molecular flexibility index (Phi) is 8.74. The molecule has 206 valence electrons. The lowest BCUT2D eigenvalue weighted by Gasteiger charge is -2.43. The maximum Gasteiger partial charge on any atom is 0.180 e. The lowest BCUT2D eigenvalue weighted by molar-refractivity contribution is -0.196. The summed E-state index contributed by atoms with van der Waals surface area (Å²) in [6, 6.07) is 6.12. The molecule has 1 aliphatic heterocycles. The largest absolute Gasteiger partial charge is 0.451 e. The number of thioether (sulfide) groups is 1. The fourth-order valence-electron chi connectivity index (χ4n) is 4.07. The van der Waals surface area contributed by atoms with Gasteiger partial charge in [0.2, 0.25) is 0 Å². The molecule has 0 saturated carbocycles. The van der Waals surface area contributed by atoms with Gasteiger partial charge in [0.25, 0.3) is 0 Å². The molecule has 5 atom stereocenters. The highest BCUT2D eigenvalue weighted by atomic mass is 35.5. The number of hydrogen-bond donors (Lipinski definition) is 2. The number of aliphatic hydroxyl groups is 2. The van der Waals surface area contributed by atoms with Crippen LogP contribution in [0, 0.1) is 11.6 Å². The molecule has 0 aliphatic carbocycles. The van der Waals surface area contributed by atoms with Gasteiger partial charge in [0.05, 0.1) is 29.5 Å². The number of nitrogens with zero attached hydrogens (tertiary/aromatic N) is 4. The Morgan fingerprint density at radius 3 is 2.54 bits per heavy atom. The third-order valence-corrected chi connectivity index (χ3v) is 8.21. The van der Waals surface area contributed by atoms with Gasteiger partial charge in [0.15, 0.2) is 6.39 Å². The van der Waals surface area contributed by atoms with Crippen LogP contribution >= 0.6 is 46.6 Å². The van der Waals surface area contributed by atoms with E-state index in [1.165, 1.54) is 35.3 Å². The predicted octanol–water partition coefficient (Wildman–Crippen LogP) is 5.17. The molecule has 1 saturated heterocycles. The Balaban J connectivity index is 1.51. The fourth-order valence-corrected chi connectivity index (χ4v) is 5.71. The maximum atomic E-state index is 14.1. The van der Waals surface area contributed by atoms with E-state index < -0.39 is 53.1 Å². The van der Waals surface area contributed by atoms with Crippen LogP contribution in [0.3, 0.4) is 0 Å². The van der Waals surface area contributed by atoms with Crippen LogP contribution in [0.4, 0.5) is 8.78 Å². The Morgan fingerprint density at radius 1 is 1.10 bits per heavy atom. The summed E-state index contributed by atoms with van der Waals surface area (Å²) in [4.78, 5) is 4.74. The summed E-state index contributed by atoms with van der Waals surface area (Å²) in [5.74, 6) is -1.92. The average Bonchev–Trinajstić information content (AvgIpc) is 3.61. The van der Waals surface area contributed by atoms with Gasteiger partial charge in [-0.05, 0) is 30.3 Å². The van der Waals surface area contributed by atoms with Gasteiger partial charge in [-0.15, -0.1) is 5.10 Å². The van der Waals surface area contributed by atoms with Crippen molar-refractivity contribution in [1.82, 2.24) is 20.0 Å². The van der Waals surface area contributed by atoms with Crippen molar-refractivity contribution in [1.29, 1.82) is 0 Å². The van der Waals surface area contributed by atoms with E-state index in [2.05, 4.69) is 15.3 Å². The summed E-state index contributed by atoms with van der Waals surface area (Å²) < 4.78 is 46.7. The molecule has 3 heterocycles. The van der Waals surface area contributed by atoms with Crippen LogP contribution in [0.15, 0.2) is 58.5 Å². The maximum absolute atomic E-state index is 14.1. The molecular formula is C24H19Cl3F2N4O5S. The zero-order valence-corrected chi connectivity index (χ0v) is 22.7. The number of aliphatic hydroxyl groups excluding tert-OH is 2. The van der Waals surface area contributed by atoms with E-state index in [0.717, 1.165) is 12.1 Å². The zero-order chi connectivity index (χ0) is 27.7. The second-order valence-corrected chi connectivity index (χ2v) is 10.9. The summed E-state index contributed by atoms with van der Waals surface area (Å²) in [7, 11) is 0. The first-order valence-corrected chi connectivity index (χ1v) is 13.4. The first kappa shape index (κ1) is 28.2. The molecule has 0 radical (unpaired) electrons. The van der Waals surface area contributed by atoms with E-state index >= 15 is 0 Å². The van der Waals surface area contributed by atoms with Gasteiger partial charge in [0.1, 0.15) is 64.1 Å². The molecule has 2 aromatic heterocycles. The highest BCUT2D eigenvalue weighted by Crippen LogP contribution is 2.41. The molecule has 4 aromatic rings. The number of oxazole rings is 1. The van der Waals surface area contributed by atoms with E-state index in [4.69, 9.17) is 48.7 Å². The number of aromatic nitrogens is 4. The third-order valence-electron chi connectivity index (χ3n) is 5.97. The first-order chi connectivity index (χ1) is 18.7. The summed E-state index contributed by atoms with van der Waals surface area (Å²) in [5.41, 5.74) is -0.106. The van der Waals surface area contributed by atoms with Crippen molar-refractivity contribution in [2.75, 3.05) is 6.61 Å². The minimum atomic E-state index is -1.31. The standard InChI is InChI=1S/C24H19Cl3F2N4O5S/c25-14-2-1-13(5-15(14)26)39-24-23(37-9-12-8-36-10-30-12)21(22(35)19(7-34)38-24)33-6-18(31-32-33)11-3-16(28)20(27)17(29)4-11/h1-6,8,10,19,21-24,34-35H,7,9H2/t19?,21?,22-,23?,24+/m0/s1. The molecule has 39 heavy (non-hydrogen) atoms. The molecule has 2 N–H and O–H groups in total. The molecule has 15 heteroatoms. The van der Waals surface area contributed by atoms with Crippen LogP contribution in [0.25, 0.3) is 11.3 Å². The average molecular weight is 620 g/mol. The molecule has 9 nitrogen and oxygen atoms in total. The topological polar surface area (TPSA) is 116 Å². The molecule has 3 unspecified atom stereocenters. The highest BCUT2D eigenvalue weighted by molar-refractivity contribution is 7.99. The van der Waals surface area contributed by atoms with Crippen molar-refractivity contribution in [3.63, 3.8) is 0 Å². The molecule has 0 bridgehead atoms. The van der Waals surface area contributed by atoms with Gasteiger partial charge in [-0.25, -0.2) is 18.4 Å². The SMILES string of the molecule is OCC1O[C@H](Sc2ccc(Cl)c(Cl)c2)C(OCc2cocn2)C(n2cc(-c3cc(F)c(Cl)c(F)c3)nn2)[C@H]1O. The van der Waals surface area contributed by atoms with Gasteiger partial charge < -0.3 is 24.1 Å². The van der Waals surface area contributed by atoms with E-state index in [9.17, 15) is 19.0 Å². The number of benzene rings is 2. The van der Waals surface area contributed by atoms with Gasteiger partial charge in [-0.1, -0.05) is 51.8 Å². The summed E-state index contributed by atoms with van der Waals surface area (Å²) in [5, 5.41) is 29.4. The van der Waals surface area contributed by atoms with Gasteiger partial charge in [-0.2, -0.15) is 0 Å². The number of rotatable bonds is 8. The summed E-state index contributed by atoms with van der Waals surface area (Å²) in [6.07, 6.45) is 0.830. The number of hydrogen-bond acceptors (Lipinski definition) is 9. The number of ether oxygens (including phenoxy) is 2. The van der Waals surface area contributed by atoms with Crippen LogP contribution in [0.2, 0.25) is 15.1 Å². The highest BCUT2D eigenvalue weighted by Gasteiger charge is 2.48. The van der Waals surface area contributed by atoms with Gasteiger partial charge >= 0.3 is 0 Å². The molecule has 1 aliphatic rings. The Hall–Kier alpha value is -2.29. The molecule has 5 rings (SSSR count). The van der Waals surface area contributed by atoms with Crippen LogP contribution in [-0.2, 0) is 16.1 Å². The molecule has 0 spiro atoms. The van der Waals surface area contributed by atoms with Crippen molar-refractivity contribution in [3.8, 4) is 11.3 Å². The second-order valence-electron chi connectivity index (χ2n) is 8.49. The van der Waals surface area contributed by atoms with E-state index in [-0.39, 0.29) is 17.9 Å². The van der Waals surface area contributed by atoms with Gasteiger partial charge in [-0.3, -0.25) is 0 Å². The van der Waals surface area contributed by atoms with Crippen molar-refractivity contribution >= 4 is 46.6 Å². The third kappa shape index (κ3) is 6.08. The van der Waals surface area contributed by atoms with Crippen LogP contribution in [0.5, 0.6) is 0 Å². The smallest absolute Gasteiger partial charge is 0.180 e. The number of halogens is 5. The van der Waals surface area contributed by atoms with Crippen molar-refractivity contribution in [2.24, 2.45) is 0 Å². The van der Waals surface area contributed by atoms with Crippen LogP contribution in [0.1, 0.15) is 11.7 Å². The lowest BCUT2D eigenvalue weighted by Crippen LogP contribution is -2.55. The van der Waals surface area contributed by atoms with E-state index in [1.807, 2.05) is 0 Å². The normalized spacial score (nSPS) is 23.3. The van der Waals surface area contributed by atoms with E-state index in [1.54, 1.807) is 18.2 Å². The molecule has 0 amide bonds. The van der Waals surface area contributed by atoms with Crippen molar-refractivity contribution < 1.29 is 32.9 Å². The van der Waals surface area contributed by atoms with Crippen LogP contribution in [-0.4, -0.2) is 60.5 Å². The Bertz CT molecular complexity index is 1420. The Labute approximate surface area is 239 Å².